The SMILES string of the molecule is COCCNC(=O)CN1C[C@H](C)OC[C@H]1C. The fourth-order valence-corrected chi connectivity index (χ4v) is 1.73. The maximum Gasteiger partial charge on any atom is 0.234 e. The number of nitrogens with zero attached hydrogens (tertiary/aromatic N) is 1. The average molecular weight is 230 g/mol. The van der Waals surface area contributed by atoms with Crippen molar-refractivity contribution in [1.29, 1.82) is 0 Å². The number of hydrogen-bond acceptors (Lipinski definition) is 4. The number of carbonyl (C=O) groups excluding carboxylic acids is 1. The lowest BCUT2D eigenvalue weighted by Crippen LogP contribution is -2.51. The molecule has 0 saturated carbocycles. The minimum atomic E-state index is 0.0537. The van der Waals surface area contributed by atoms with Crippen LogP contribution in [0.5, 0.6) is 0 Å². The highest BCUT2D eigenvalue weighted by atomic mass is 16.5. The van der Waals surface area contributed by atoms with Gasteiger partial charge in [-0.2, -0.15) is 0 Å². The Balaban J connectivity index is 2.25. The monoisotopic (exact) mass is 230 g/mol. The van der Waals surface area contributed by atoms with E-state index < -0.39 is 0 Å². The molecule has 1 N–H and O–H groups in total. The van der Waals surface area contributed by atoms with Gasteiger partial charge in [0.25, 0.3) is 0 Å². The molecule has 1 heterocycles. The third kappa shape index (κ3) is 4.47. The Labute approximate surface area is 97.1 Å². The van der Waals surface area contributed by atoms with Gasteiger partial charge >= 0.3 is 0 Å². The van der Waals surface area contributed by atoms with Crippen LogP contribution in [0.15, 0.2) is 0 Å². The predicted octanol–water partition coefficient (Wildman–Crippen LogP) is -0.142. The van der Waals surface area contributed by atoms with Crippen LogP contribution in [0.2, 0.25) is 0 Å². The van der Waals surface area contributed by atoms with E-state index in [1.807, 2.05) is 6.92 Å². The van der Waals surface area contributed by atoms with Gasteiger partial charge in [0.1, 0.15) is 0 Å². The summed E-state index contributed by atoms with van der Waals surface area (Å²) in [6.07, 6.45) is 0.211. The predicted molar refractivity (Wildman–Crippen MR) is 61.3 cm³/mol. The van der Waals surface area contributed by atoms with Crippen molar-refractivity contribution < 1.29 is 14.3 Å². The summed E-state index contributed by atoms with van der Waals surface area (Å²) >= 11 is 0. The third-order valence-electron chi connectivity index (χ3n) is 2.71. The van der Waals surface area contributed by atoms with Crippen molar-refractivity contribution in [1.82, 2.24) is 10.2 Å². The van der Waals surface area contributed by atoms with Crippen LogP contribution in [0.3, 0.4) is 0 Å². The summed E-state index contributed by atoms with van der Waals surface area (Å²) in [5, 5.41) is 2.82. The first-order chi connectivity index (χ1) is 7.63. The summed E-state index contributed by atoms with van der Waals surface area (Å²) in [7, 11) is 1.62. The van der Waals surface area contributed by atoms with Crippen LogP contribution in [0.25, 0.3) is 0 Å². The topological polar surface area (TPSA) is 50.8 Å². The van der Waals surface area contributed by atoms with Crippen molar-refractivity contribution in [2.24, 2.45) is 0 Å². The zero-order valence-electron chi connectivity index (χ0n) is 10.4. The molecule has 0 aromatic heterocycles. The molecule has 1 aliphatic rings. The lowest BCUT2D eigenvalue weighted by atomic mass is 10.2. The molecule has 2 atom stereocenters. The molecule has 16 heavy (non-hydrogen) atoms. The number of hydrogen-bond donors (Lipinski definition) is 1. The zero-order valence-corrected chi connectivity index (χ0v) is 10.4. The van der Waals surface area contributed by atoms with E-state index in [0.717, 1.165) is 6.54 Å². The maximum atomic E-state index is 11.6. The Bertz CT molecular complexity index is 223. The summed E-state index contributed by atoms with van der Waals surface area (Å²) in [6.45, 7) is 7.20. The number of morpholine rings is 1. The number of rotatable bonds is 5. The van der Waals surface area contributed by atoms with Gasteiger partial charge in [-0.15, -0.1) is 0 Å². The molecule has 5 heteroatoms. The van der Waals surface area contributed by atoms with Crippen molar-refractivity contribution >= 4 is 5.91 Å². The van der Waals surface area contributed by atoms with Crippen molar-refractivity contribution in [3.63, 3.8) is 0 Å². The molecule has 0 aromatic rings. The van der Waals surface area contributed by atoms with Crippen molar-refractivity contribution in [3.8, 4) is 0 Å². The van der Waals surface area contributed by atoms with E-state index in [9.17, 15) is 4.79 Å². The summed E-state index contributed by atoms with van der Waals surface area (Å²) < 4.78 is 10.4. The van der Waals surface area contributed by atoms with Gasteiger partial charge in [0.05, 0.1) is 25.9 Å². The molecule has 1 rings (SSSR count). The third-order valence-corrected chi connectivity index (χ3v) is 2.71. The lowest BCUT2D eigenvalue weighted by Gasteiger charge is -2.36. The first kappa shape index (κ1) is 13.4. The second-order valence-corrected chi connectivity index (χ2v) is 4.27. The van der Waals surface area contributed by atoms with E-state index in [0.29, 0.717) is 32.3 Å². The van der Waals surface area contributed by atoms with E-state index in [1.165, 1.54) is 0 Å². The van der Waals surface area contributed by atoms with Crippen LogP contribution < -0.4 is 5.32 Å². The van der Waals surface area contributed by atoms with Crippen molar-refractivity contribution in [3.05, 3.63) is 0 Å². The van der Waals surface area contributed by atoms with Crippen LogP contribution in [0, 0.1) is 0 Å². The summed E-state index contributed by atoms with van der Waals surface area (Å²) in [6, 6.07) is 0.310. The largest absolute Gasteiger partial charge is 0.383 e. The molecule has 1 fully saturated rings. The van der Waals surface area contributed by atoms with Crippen LogP contribution in [-0.2, 0) is 14.3 Å². The van der Waals surface area contributed by atoms with Gasteiger partial charge in [-0.1, -0.05) is 0 Å². The maximum absolute atomic E-state index is 11.6. The number of nitrogens with one attached hydrogen (secondary N) is 1. The van der Waals surface area contributed by atoms with Gasteiger partial charge in [0, 0.05) is 26.2 Å². The molecule has 0 aliphatic carbocycles. The first-order valence-electron chi connectivity index (χ1n) is 5.74. The highest BCUT2D eigenvalue weighted by Gasteiger charge is 2.24. The molecule has 0 radical (unpaired) electrons. The number of amides is 1. The standard InChI is InChI=1S/C11H22N2O3/c1-9-8-16-10(2)6-13(9)7-11(14)12-4-5-15-3/h9-10H,4-8H2,1-3H3,(H,12,14)/t9-,10+/m1/s1. The number of ether oxygens (including phenoxy) is 2. The fourth-order valence-electron chi connectivity index (χ4n) is 1.73. The Kier molecular flexibility index (Phi) is 5.73. The summed E-state index contributed by atoms with van der Waals surface area (Å²) in [5.74, 6) is 0.0537. The van der Waals surface area contributed by atoms with Gasteiger partial charge in [-0.25, -0.2) is 0 Å². The van der Waals surface area contributed by atoms with Gasteiger partial charge in [0.15, 0.2) is 0 Å². The van der Waals surface area contributed by atoms with Gasteiger partial charge in [-0.3, -0.25) is 9.69 Å². The Hall–Kier alpha value is -0.650. The Morgan fingerprint density at radius 2 is 2.31 bits per heavy atom. The van der Waals surface area contributed by atoms with E-state index in [4.69, 9.17) is 9.47 Å². The lowest BCUT2D eigenvalue weighted by molar-refractivity contribution is -0.126. The summed E-state index contributed by atoms with van der Waals surface area (Å²) in [4.78, 5) is 13.7. The van der Waals surface area contributed by atoms with Crippen molar-refractivity contribution in [2.75, 3.05) is 40.0 Å². The molecule has 1 amide bonds. The molecule has 0 aromatic carbocycles. The number of methoxy groups -OCH3 is 1. The smallest absolute Gasteiger partial charge is 0.234 e. The van der Waals surface area contributed by atoms with E-state index in [-0.39, 0.29) is 12.0 Å². The number of carbonyl (C=O) groups is 1. The molecular formula is C11H22N2O3. The minimum Gasteiger partial charge on any atom is -0.383 e. The quantitative estimate of drug-likeness (QED) is 0.668. The van der Waals surface area contributed by atoms with E-state index >= 15 is 0 Å². The molecular weight excluding hydrogens is 208 g/mol. The molecule has 1 aliphatic heterocycles. The highest BCUT2D eigenvalue weighted by Crippen LogP contribution is 2.10. The Morgan fingerprint density at radius 1 is 1.56 bits per heavy atom. The van der Waals surface area contributed by atoms with Gasteiger partial charge in [-0.05, 0) is 13.8 Å². The van der Waals surface area contributed by atoms with Crippen LogP contribution >= 0.6 is 0 Å². The highest BCUT2D eigenvalue weighted by molar-refractivity contribution is 5.78. The van der Waals surface area contributed by atoms with Gasteiger partial charge < -0.3 is 14.8 Å². The first-order valence-corrected chi connectivity index (χ1v) is 5.74. The molecule has 0 spiro atoms. The minimum absolute atomic E-state index is 0.0537. The van der Waals surface area contributed by atoms with Crippen LogP contribution in [-0.4, -0.2) is 62.9 Å². The van der Waals surface area contributed by atoms with Crippen LogP contribution in [0.1, 0.15) is 13.8 Å². The average Bonchev–Trinajstić information content (AvgIpc) is 2.24. The van der Waals surface area contributed by atoms with Gasteiger partial charge in [0.2, 0.25) is 5.91 Å². The van der Waals surface area contributed by atoms with E-state index in [2.05, 4.69) is 17.1 Å². The van der Waals surface area contributed by atoms with E-state index in [1.54, 1.807) is 7.11 Å². The molecule has 0 unspecified atom stereocenters. The van der Waals surface area contributed by atoms with Crippen molar-refractivity contribution in [2.45, 2.75) is 26.0 Å². The second kappa shape index (κ2) is 6.83. The molecule has 94 valence electrons. The summed E-state index contributed by atoms with van der Waals surface area (Å²) in [5.41, 5.74) is 0. The fraction of sp³-hybridized carbons (Fsp3) is 0.909. The molecule has 1 saturated heterocycles. The van der Waals surface area contributed by atoms with Crippen LogP contribution in [0.4, 0.5) is 0 Å². The Morgan fingerprint density at radius 3 is 3.00 bits per heavy atom. The normalized spacial score (nSPS) is 26.7. The molecule has 5 nitrogen and oxygen atoms in total. The molecule has 0 bridgehead atoms. The zero-order chi connectivity index (χ0) is 12.0. The second-order valence-electron chi connectivity index (χ2n) is 4.27.